The highest BCUT2D eigenvalue weighted by atomic mass is 35.5. The van der Waals surface area contributed by atoms with Gasteiger partial charge in [-0.1, -0.05) is 53.7 Å². The number of amides is 1. The van der Waals surface area contributed by atoms with Gasteiger partial charge in [-0.25, -0.2) is 10.5 Å². The number of aliphatic imine (C=N–C) groups is 1. The first-order valence-corrected chi connectivity index (χ1v) is 10.0. The van der Waals surface area contributed by atoms with Crippen molar-refractivity contribution >= 4 is 40.7 Å². The second-order valence-corrected chi connectivity index (χ2v) is 7.63. The molecular formula is C22H17ClN2O2S. The van der Waals surface area contributed by atoms with Gasteiger partial charge in [0.25, 0.3) is 5.91 Å². The molecular weight excluding hydrogens is 392 g/mol. The van der Waals surface area contributed by atoms with Crippen molar-refractivity contribution in [2.24, 2.45) is 4.99 Å². The second-order valence-electron chi connectivity index (χ2n) is 6.11. The Bertz CT molecular complexity index is 1060. The minimum Gasteiger partial charge on any atom is -0.274 e. The topological polar surface area (TPSA) is 50.7 Å². The molecule has 0 radical (unpaired) electrons. The van der Waals surface area contributed by atoms with Crippen LogP contribution < -0.4 is 5.48 Å². The van der Waals surface area contributed by atoms with E-state index >= 15 is 0 Å². The van der Waals surface area contributed by atoms with Crippen LogP contribution in [0.3, 0.4) is 0 Å². The van der Waals surface area contributed by atoms with Gasteiger partial charge in [-0.3, -0.25) is 9.63 Å². The molecule has 3 aromatic carbocycles. The third-order valence-electron chi connectivity index (χ3n) is 4.24. The van der Waals surface area contributed by atoms with Crippen molar-refractivity contribution in [1.29, 1.82) is 0 Å². The van der Waals surface area contributed by atoms with E-state index in [4.69, 9.17) is 21.4 Å². The largest absolute Gasteiger partial charge is 0.274 e. The highest BCUT2D eigenvalue weighted by molar-refractivity contribution is 7.99. The van der Waals surface area contributed by atoms with E-state index in [1.54, 1.807) is 23.9 Å². The molecule has 1 aliphatic heterocycles. The molecule has 3 aromatic rings. The van der Waals surface area contributed by atoms with Crippen LogP contribution in [0.5, 0.6) is 0 Å². The van der Waals surface area contributed by atoms with E-state index in [1.807, 2.05) is 49.4 Å². The molecule has 4 nitrogen and oxygen atoms in total. The summed E-state index contributed by atoms with van der Waals surface area (Å²) in [6.07, 6.45) is 0. The lowest BCUT2D eigenvalue weighted by atomic mass is 10.0. The van der Waals surface area contributed by atoms with Crippen molar-refractivity contribution in [2.75, 3.05) is 6.61 Å². The van der Waals surface area contributed by atoms with Crippen LogP contribution >= 0.6 is 23.4 Å². The number of hydroxylamine groups is 1. The molecule has 0 bridgehead atoms. The molecule has 28 heavy (non-hydrogen) atoms. The first-order valence-electron chi connectivity index (χ1n) is 8.84. The van der Waals surface area contributed by atoms with Gasteiger partial charge in [-0.15, -0.1) is 0 Å². The summed E-state index contributed by atoms with van der Waals surface area (Å²) >= 11 is 7.70. The fourth-order valence-electron chi connectivity index (χ4n) is 2.91. The van der Waals surface area contributed by atoms with Crippen LogP contribution in [0, 0.1) is 0 Å². The van der Waals surface area contributed by atoms with Crippen molar-refractivity contribution in [3.8, 4) is 0 Å². The van der Waals surface area contributed by atoms with Gasteiger partial charge in [-0.2, -0.15) is 0 Å². The quantitative estimate of drug-likeness (QED) is 0.443. The Morgan fingerprint density at radius 2 is 1.86 bits per heavy atom. The SMILES string of the molecule is CCONC(=O)c1ccc2c(c1)N=C(c1ccc(Cl)cc1)c1ccccc1S2. The zero-order chi connectivity index (χ0) is 19.5. The fraction of sp³-hybridized carbons (Fsp3) is 0.0909. The first-order chi connectivity index (χ1) is 13.7. The summed E-state index contributed by atoms with van der Waals surface area (Å²) in [4.78, 5) is 24.3. The van der Waals surface area contributed by atoms with Gasteiger partial charge in [0.05, 0.1) is 18.0 Å². The second kappa shape index (κ2) is 8.19. The zero-order valence-corrected chi connectivity index (χ0v) is 16.7. The summed E-state index contributed by atoms with van der Waals surface area (Å²) in [5.41, 5.74) is 6.53. The third-order valence-corrected chi connectivity index (χ3v) is 5.64. The van der Waals surface area contributed by atoms with Crippen molar-refractivity contribution in [2.45, 2.75) is 16.7 Å². The highest BCUT2D eigenvalue weighted by Crippen LogP contribution is 2.41. The summed E-state index contributed by atoms with van der Waals surface area (Å²) in [7, 11) is 0. The van der Waals surface area contributed by atoms with Crippen LogP contribution in [0.4, 0.5) is 5.69 Å². The summed E-state index contributed by atoms with van der Waals surface area (Å²) in [6, 6.07) is 21.3. The minimum atomic E-state index is -0.292. The molecule has 0 atom stereocenters. The number of hydrogen-bond acceptors (Lipinski definition) is 4. The summed E-state index contributed by atoms with van der Waals surface area (Å²) < 4.78 is 0. The first kappa shape index (κ1) is 18.7. The molecule has 1 heterocycles. The number of rotatable bonds is 4. The Balaban J connectivity index is 1.84. The van der Waals surface area contributed by atoms with Crippen molar-refractivity contribution in [3.63, 3.8) is 0 Å². The van der Waals surface area contributed by atoms with Gasteiger partial charge in [0, 0.05) is 31.5 Å². The van der Waals surface area contributed by atoms with E-state index in [0.29, 0.717) is 17.2 Å². The number of halogens is 1. The molecule has 140 valence electrons. The highest BCUT2D eigenvalue weighted by Gasteiger charge is 2.20. The molecule has 1 amide bonds. The Morgan fingerprint density at radius 1 is 1.07 bits per heavy atom. The van der Waals surface area contributed by atoms with E-state index in [0.717, 1.165) is 32.3 Å². The number of benzene rings is 3. The van der Waals surface area contributed by atoms with Gasteiger partial charge in [0.1, 0.15) is 0 Å². The van der Waals surface area contributed by atoms with Crippen LogP contribution in [0.25, 0.3) is 0 Å². The number of fused-ring (bicyclic) bond motifs is 2. The van der Waals surface area contributed by atoms with Gasteiger partial charge in [0.15, 0.2) is 0 Å². The predicted octanol–water partition coefficient (Wildman–Crippen LogP) is 5.66. The average molecular weight is 409 g/mol. The van der Waals surface area contributed by atoms with Crippen LogP contribution in [0.15, 0.2) is 81.5 Å². The monoisotopic (exact) mass is 408 g/mol. The minimum absolute atomic E-state index is 0.292. The van der Waals surface area contributed by atoms with E-state index in [2.05, 4.69) is 17.6 Å². The van der Waals surface area contributed by atoms with Crippen LogP contribution in [0.1, 0.15) is 28.4 Å². The molecule has 0 spiro atoms. The lowest BCUT2D eigenvalue weighted by Crippen LogP contribution is -2.23. The molecule has 0 unspecified atom stereocenters. The molecule has 0 aliphatic carbocycles. The Labute approximate surface area is 172 Å². The summed E-state index contributed by atoms with van der Waals surface area (Å²) in [6.45, 7) is 2.22. The van der Waals surface area contributed by atoms with Crippen LogP contribution in [-0.2, 0) is 4.84 Å². The van der Waals surface area contributed by atoms with Gasteiger partial charge < -0.3 is 0 Å². The molecule has 1 N–H and O–H groups in total. The lowest BCUT2D eigenvalue weighted by Gasteiger charge is -2.09. The molecule has 0 saturated carbocycles. The number of carbonyl (C=O) groups is 1. The Hall–Kier alpha value is -2.60. The zero-order valence-electron chi connectivity index (χ0n) is 15.1. The molecule has 0 saturated heterocycles. The van der Waals surface area contributed by atoms with Gasteiger partial charge >= 0.3 is 0 Å². The van der Waals surface area contributed by atoms with E-state index in [-0.39, 0.29) is 5.91 Å². The summed E-state index contributed by atoms with van der Waals surface area (Å²) in [5.74, 6) is -0.292. The van der Waals surface area contributed by atoms with E-state index in [9.17, 15) is 4.79 Å². The molecule has 1 aliphatic rings. The molecule has 6 heteroatoms. The maximum absolute atomic E-state index is 12.3. The Kier molecular flexibility index (Phi) is 5.48. The van der Waals surface area contributed by atoms with Crippen LogP contribution in [-0.4, -0.2) is 18.2 Å². The van der Waals surface area contributed by atoms with Crippen molar-refractivity contribution in [3.05, 3.63) is 88.4 Å². The smallest absolute Gasteiger partial charge is 0.274 e. The maximum atomic E-state index is 12.3. The molecule has 0 aromatic heterocycles. The molecule has 0 fully saturated rings. The number of hydrogen-bond donors (Lipinski definition) is 1. The summed E-state index contributed by atoms with van der Waals surface area (Å²) in [5, 5.41) is 0.677. The maximum Gasteiger partial charge on any atom is 0.274 e. The lowest BCUT2D eigenvalue weighted by molar-refractivity contribution is 0.0364. The number of carbonyl (C=O) groups excluding carboxylic acids is 1. The number of nitrogens with zero attached hydrogens (tertiary/aromatic N) is 1. The molecule has 4 rings (SSSR count). The van der Waals surface area contributed by atoms with E-state index in [1.165, 1.54) is 0 Å². The van der Waals surface area contributed by atoms with Crippen molar-refractivity contribution in [1.82, 2.24) is 5.48 Å². The third kappa shape index (κ3) is 3.83. The van der Waals surface area contributed by atoms with Crippen LogP contribution in [0.2, 0.25) is 5.02 Å². The standard InChI is InChI=1S/C22H17ClN2O2S/c1-2-27-25-22(26)15-9-12-20-18(13-15)24-21(14-7-10-16(23)11-8-14)17-5-3-4-6-19(17)28-20/h3-13H,2H2,1H3,(H,25,26). The average Bonchev–Trinajstić information content (AvgIpc) is 2.88. The van der Waals surface area contributed by atoms with Crippen molar-refractivity contribution < 1.29 is 9.63 Å². The number of nitrogens with one attached hydrogen (secondary N) is 1. The van der Waals surface area contributed by atoms with Gasteiger partial charge in [-0.05, 0) is 43.3 Å². The Morgan fingerprint density at radius 3 is 2.64 bits per heavy atom. The van der Waals surface area contributed by atoms with E-state index < -0.39 is 0 Å². The van der Waals surface area contributed by atoms with Gasteiger partial charge in [0.2, 0.25) is 0 Å². The predicted molar refractivity (Wildman–Crippen MR) is 113 cm³/mol. The fourth-order valence-corrected chi connectivity index (χ4v) is 4.04. The normalized spacial score (nSPS) is 12.4.